The summed E-state index contributed by atoms with van der Waals surface area (Å²) in [6.07, 6.45) is 6.03. The maximum Gasteiger partial charge on any atom is 0.325 e. The van der Waals surface area contributed by atoms with E-state index in [1.807, 2.05) is 13.8 Å². The summed E-state index contributed by atoms with van der Waals surface area (Å²) < 4.78 is 4.96. The fraction of sp³-hybridized carbons (Fsp3) is 0.933. The van der Waals surface area contributed by atoms with Crippen LogP contribution in [0, 0.1) is 0 Å². The summed E-state index contributed by atoms with van der Waals surface area (Å²) in [5.41, 5.74) is -0.574. The van der Waals surface area contributed by atoms with Gasteiger partial charge in [0.15, 0.2) is 0 Å². The Kier molecular flexibility index (Phi) is 6.80. The van der Waals surface area contributed by atoms with E-state index in [9.17, 15) is 4.79 Å². The second kappa shape index (κ2) is 7.85. The van der Waals surface area contributed by atoms with Crippen LogP contribution in [-0.2, 0) is 9.53 Å². The van der Waals surface area contributed by atoms with Gasteiger partial charge in [-0.2, -0.15) is 0 Å². The molecule has 0 amide bonds. The highest BCUT2D eigenvalue weighted by Gasteiger charge is 2.36. The Morgan fingerprint density at radius 2 is 1.89 bits per heavy atom. The molecule has 1 rings (SSSR count). The summed E-state index contributed by atoms with van der Waals surface area (Å²) in [7, 11) is 1.47. The molecule has 2 atom stereocenters. The number of hydrogen-bond acceptors (Lipinski definition) is 4. The lowest BCUT2D eigenvalue weighted by Gasteiger charge is -2.35. The Morgan fingerprint density at radius 3 is 2.37 bits per heavy atom. The zero-order chi connectivity index (χ0) is 14.3. The minimum atomic E-state index is -0.574. The van der Waals surface area contributed by atoms with Gasteiger partial charge in [0.05, 0.1) is 7.11 Å². The van der Waals surface area contributed by atoms with Crippen LogP contribution in [0.25, 0.3) is 0 Å². The zero-order valence-electron chi connectivity index (χ0n) is 13.0. The Balaban J connectivity index is 2.63. The van der Waals surface area contributed by atoms with E-state index in [0.29, 0.717) is 6.04 Å². The smallest absolute Gasteiger partial charge is 0.325 e. The number of nitrogens with zero attached hydrogens (tertiary/aromatic N) is 1. The van der Waals surface area contributed by atoms with E-state index in [1.54, 1.807) is 0 Å². The lowest BCUT2D eigenvalue weighted by molar-refractivity contribution is -0.148. The minimum Gasteiger partial charge on any atom is -0.468 e. The molecule has 0 saturated carbocycles. The third-order valence-electron chi connectivity index (χ3n) is 4.17. The van der Waals surface area contributed by atoms with Gasteiger partial charge in [-0.05, 0) is 52.7 Å². The molecule has 0 aromatic carbocycles. The van der Waals surface area contributed by atoms with E-state index in [2.05, 4.69) is 17.1 Å². The highest BCUT2D eigenvalue weighted by atomic mass is 16.5. The number of hydrogen-bond donors (Lipinski definition) is 1. The molecular weight excluding hydrogens is 240 g/mol. The number of ether oxygens (including phenoxy) is 1. The molecular formula is C15H30N2O2. The molecule has 0 spiro atoms. The number of nitrogens with one attached hydrogen (secondary N) is 1. The summed E-state index contributed by atoms with van der Waals surface area (Å²) in [5, 5.41) is 3.29. The lowest BCUT2D eigenvalue weighted by Crippen LogP contribution is -2.54. The fourth-order valence-electron chi connectivity index (χ4n) is 3.10. The molecule has 1 saturated heterocycles. The van der Waals surface area contributed by atoms with Crippen molar-refractivity contribution in [2.75, 3.05) is 26.7 Å². The topological polar surface area (TPSA) is 41.6 Å². The van der Waals surface area contributed by atoms with Crippen molar-refractivity contribution in [2.24, 2.45) is 0 Å². The van der Waals surface area contributed by atoms with Gasteiger partial charge in [-0.15, -0.1) is 0 Å². The van der Waals surface area contributed by atoms with E-state index in [4.69, 9.17) is 4.74 Å². The Morgan fingerprint density at radius 1 is 1.32 bits per heavy atom. The van der Waals surface area contributed by atoms with Gasteiger partial charge in [0.25, 0.3) is 0 Å². The normalized spacial score (nSPS) is 22.3. The monoisotopic (exact) mass is 270 g/mol. The van der Waals surface area contributed by atoms with E-state index in [0.717, 1.165) is 26.1 Å². The van der Waals surface area contributed by atoms with Crippen LogP contribution < -0.4 is 5.32 Å². The fourth-order valence-corrected chi connectivity index (χ4v) is 3.10. The second-order valence-corrected chi connectivity index (χ2v) is 5.86. The highest BCUT2D eigenvalue weighted by molar-refractivity contribution is 5.80. The Labute approximate surface area is 117 Å². The summed E-state index contributed by atoms with van der Waals surface area (Å²) in [6.45, 7) is 9.30. The van der Waals surface area contributed by atoms with Gasteiger partial charge in [-0.1, -0.05) is 19.8 Å². The van der Waals surface area contributed by atoms with Crippen molar-refractivity contribution >= 4 is 5.97 Å². The van der Waals surface area contributed by atoms with Crippen LogP contribution in [-0.4, -0.2) is 49.2 Å². The van der Waals surface area contributed by atoms with Crippen molar-refractivity contribution in [3.05, 3.63) is 0 Å². The van der Waals surface area contributed by atoms with Crippen LogP contribution in [0.1, 0.15) is 52.9 Å². The van der Waals surface area contributed by atoms with Gasteiger partial charge in [0.2, 0.25) is 0 Å². The molecule has 0 aromatic heterocycles. The first kappa shape index (κ1) is 16.4. The molecule has 1 N–H and O–H groups in total. The van der Waals surface area contributed by atoms with Crippen LogP contribution in [0.4, 0.5) is 0 Å². The van der Waals surface area contributed by atoms with Crippen molar-refractivity contribution in [3.8, 4) is 0 Å². The molecule has 19 heavy (non-hydrogen) atoms. The number of methoxy groups -OCH3 is 1. The van der Waals surface area contributed by atoms with Gasteiger partial charge in [-0.25, -0.2) is 0 Å². The molecule has 4 nitrogen and oxygen atoms in total. The predicted molar refractivity (Wildman–Crippen MR) is 78.2 cm³/mol. The molecule has 0 aromatic rings. The zero-order valence-corrected chi connectivity index (χ0v) is 13.0. The molecule has 0 aliphatic carbocycles. The molecule has 4 heteroatoms. The summed E-state index contributed by atoms with van der Waals surface area (Å²) in [4.78, 5) is 14.5. The SMILES string of the molecule is CCNC(C)(CC(C)N1CCCCCC1)C(=O)OC. The summed E-state index contributed by atoms with van der Waals surface area (Å²) in [5.74, 6) is -0.156. The molecule has 1 aliphatic rings. The largest absolute Gasteiger partial charge is 0.468 e. The van der Waals surface area contributed by atoms with Gasteiger partial charge in [0, 0.05) is 6.04 Å². The van der Waals surface area contributed by atoms with E-state index >= 15 is 0 Å². The van der Waals surface area contributed by atoms with Crippen LogP contribution in [0.3, 0.4) is 0 Å². The average molecular weight is 270 g/mol. The van der Waals surface area contributed by atoms with Crippen LogP contribution in [0.5, 0.6) is 0 Å². The van der Waals surface area contributed by atoms with Crippen LogP contribution in [0.2, 0.25) is 0 Å². The first-order valence-electron chi connectivity index (χ1n) is 7.61. The third-order valence-corrected chi connectivity index (χ3v) is 4.17. The van der Waals surface area contributed by atoms with Crippen molar-refractivity contribution in [1.29, 1.82) is 0 Å². The molecule has 0 radical (unpaired) electrons. The van der Waals surface area contributed by atoms with Gasteiger partial charge in [-0.3, -0.25) is 4.79 Å². The highest BCUT2D eigenvalue weighted by Crippen LogP contribution is 2.21. The Bertz CT molecular complexity index is 275. The van der Waals surface area contributed by atoms with Gasteiger partial charge in [0.1, 0.15) is 5.54 Å². The van der Waals surface area contributed by atoms with Crippen molar-refractivity contribution in [1.82, 2.24) is 10.2 Å². The van der Waals surface area contributed by atoms with Crippen molar-refractivity contribution in [3.63, 3.8) is 0 Å². The first-order valence-corrected chi connectivity index (χ1v) is 7.61. The number of likely N-dealkylation sites (N-methyl/N-ethyl adjacent to an activating group) is 1. The van der Waals surface area contributed by atoms with Gasteiger partial charge < -0.3 is 15.0 Å². The minimum absolute atomic E-state index is 0.156. The van der Waals surface area contributed by atoms with Crippen LogP contribution >= 0.6 is 0 Å². The van der Waals surface area contributed by atoms with E-state index < -0.39 is 5.54 Å². The molecule has 1 fully saturated rings. The molecule has 2 unspecified atom stereocenters. The summed E-state index contributed by atoms with van der Waals surface area (Å²) >= 11 is 0. The number of esters is 1. The standard InChI is InChI=1S/C15H30N2O2/c1-5-16-15(3,14(18)19-4)12-13(2)17-10-8-6-7-9-11-17/h13,16H,5-12H2,1-4H3. The quantitative estimate of drug-likeness (QED) is 0.751. The second-order valence-electron chi connectivity index (χ2n) is 5.86. The lowest BCUT2D eigenvalue weighted by atomic mass is 9.92. The number of carbonyl (C=O) groups is 1. The van der Waals surface area contributed by atoms with Crippen molar-refractivity contribution in [2.45, 2.75) is 64.5 Å². The number of rotatable bonds is 6. The number of carbonyl (C=O) groups excluding carboxylic acids is 1. The predicted octanol–water partition coefficient (Wildman–Crippen LogP) is 2.18. The van der Waals surface area contributed by atoms with Crippen molar-refractivity contribution < 1.29 is 9.53 Å². The maximum atomic E-state index is 12.0. The summed E-state index contributed by atoms with van der Waals surface area (Å²) in [6, 6.07) is 0.404. The molecule has 112 valence electrons. The third kappa shape index (κ3) is 4.77. The number of likely N-dealkylation sites (tertiary alicyclic amines) is 1. The molecule has 1 heterocycles. The molecule has 0 bridgehead atoms. The first-order chi connectivity index (χ1) is 9.03. The average Bonchev–Trinajstić information content (AvgIpc) is 2.66. The Hall–Kier alpha value is -0.610. The van der Waals surface area contributed by atoms with Crippen LogP contribution in [0.15, 0.2) is 0 Å². The van der Waals surface area contributed by atoms with E-state index in [-0.39, 0.29) is 5.97 Å². The van der Waals surface area contributed by atoms with Gasteiger partial charge >= 0.3 is 5.97 Å². The molecule has 1 aliphatic heterocycles. The van der Waals surface area contributed by atoms with E-state index in [1.165, 1.54) is 32.8 Å². The maximum absolute atomic E-state index is 12.0.